The number of pyridine rings is 1. The van der Waals surface area contributed by atoms with Crippen LogP contribution in [0.5, 0.6) is 5.75 Å². The lowest BCUT2D eigenvalue weighted by Crippen LogP contribution is -2.31. The lowest BCUT2D eigenvalue weighted by atomic mass is 9.97. The largest absolute Gasteiger partial charge is 0.490 e. The number of nitrogens with one attached hydrogen (secondary N) is 3. The second kappa shape index (κ2) is 9.71. The van der Waals surface area contributed by atoms with Gasteiger partial charge in [-0.1, -0.05) is 19.1 Å². The fourth-order valence-electron chi connectivity index (χ4n) is 4.67. The number of likely N-dealkylation sites (N-methyl/N-ethyl adjacent to an activating group) is 1. The molecule has 188 valence electrons. The molecule has 1 amide bonds. The number of aryl methyl sites for hydroxylation is 1. The van der Waals surface area contributed by atoms with Crippen molar-refractivity contribution in [2.75, 3.05) is 19.6 Å². The van der Waals surface area contributed by atoms with Crippen LogP contribution in [0, 0.1) is 0 Å². The molecule has 3 N–H and O–H groups in total. The smallest absolute Gasteiger partial charge is 0.251 e. The molecule has 2 aromatic carbocycles. The van der Waals surface area contributed by atoms with Gasteiger partial charge in [0.05, 0.1) is 29.7 Å². The quantitative estimate of drug-likeness (QED) is 0.259. The summed E-state index contributed by atoms with van der Waals surface area (Å²) < 4.78 is 8.16. The lowest BCUT2D eigenvalue weighted by molar-refractivity contribution is 0.0954. The first-order chi connectivity index (χ1) is 18.1. The minimum absolute atomic E-state index is 0.0728. The van der Waals surface area contributed by atoms with E-state index in [1.807, 2.05) is 62.9 Å². The molecular formula is C29H30N6O2. The number of ether oxygens (including phenoxy) is 1. The molecular weight excluding hydrogens is 464 g/mol. The molecule has 3 heterocycles. The van der Waals surface area contributed by atoms with Gasteiger partial charge in [0.15, 0.2) is 0 Å². The highest BCUT2D eigenvalue weighted by atomic mass is 16.5. The maximum Gasteiger partial charge on any atom is 0.251 e. The summed E-state index contributed by atoms with van der Waals surface area (Å²) in [4.78, 5) is 20.8. The van der Waals surface area contributed by atoms with E-state index >= 15 is 0 Å². The second-order valence-corrected chi connectivity index (χ2v) is 9.51. The van der Waals surface area contributed by atoms with Gasteiger partial charge in [0.1, 0.15) is 5.75 Å². The van der Waals surface area contributed by atoms with Gasteiger partial charge in [0.2, 0.25) is 0 Å². The van der Waals surface area contributed by atoms with Crippen molar-refractivity contribution in [1.82, 2.24) is 30.4 Å². The highest BCUT2D eigenvalue weighted by molar-refractivity contribution is 6.16. The van der Waals surface area contributed by atoms with Crippen LogP contribution in [0.2, 0.25) is 0 Å². The molecule has 8 heteroatoms. The molecule has 0 unspecified atom stereocenters. The number of fused-ring (bicyclic) bond motifs is 3. The number of rotatable bonds is 9. The van der Waals surface area contributed by atoms with Crippen LogP contribution in [0.4, 0.5) is 0 Å². The highest BCUT2D eigenvalue weighted by Gasteiger charge is 2.26. The minimum Gasteiger partial charge on any atom is -0.490 e. The molecule has 1 fully saturated rings. The molecule has 3 aromatic heterocycles. The summed E-state index contributed by atoms with van der Waals surface area (Å²) in [6, 6.07) is 14.0. The van der Waals surface area contributed by atoms with Crippen molar-refractivity contribution in [3.8, 4) is 28.1 Å². The number of aromatic nitrogens is 4. The van der Waals surface area contributed by atoms with Crippen molar-refractivity contribution in [3.05, 3.63) is 66.6 Å². The maximum absolute atomic E-state index is 12.6. The van der Waals surface area contributed by atoms with Crippen molar-refractivity contribution >= 4 is 27.7 Å². The van der Waals surface area contributed by atoms with Crippen LogP contribution in [-0.4, -0.2) is 51.4 Å². The number of benzene rings is 2. The van der Waals surface area contributed by atoms with Crippen molar-refractivity contribution in [2.24, 2.45) is 7.05 Å². The van der Waals surface area contributed by atoms with E-state index < -0.39 is 0 Å². The summed E-state index contributed by atoms with van der Waals surface area (Å²) in [6.07, 6.45) is 8.08. The van der Waals surface area contributed by atoms with E-state index in [0.717, 1.165) is 75.9 Å². The summed E-state index contributed by atoms with van der Waals surface area (Å²) in [5, 5.41) is 12.6. The first-order valence-corrected chi connectivity index (χ1v) is 12.8. The van der Waals surface area contributed by atoms with Crippen LogP contribution in [-0.2, 0) is 7.05 Å². The van der Waals surface area contributed by atoms with Gasteiger partial charge in [-0.05, 0) is 55.3 Å². The highest BCUT2D eigenvalue weighted by Crippen LogP contribution is 2.43. The number of H-pyrrole nitrogens is 1. The zero-order valence-corrected chi connectivity index (χ0v) is 21.0. The first kappa shape index (κ1) is 23.2. The van der Waals surface area contributed by atoms with E-state index in [-0.39, 0.29) is 12.0 Å². The van der Waals surface area contributed by atoms with Crippen molar-refractivity contribution in [2.45, 2.75) is 25.9 Å². The Morgan fingerprint density at radius 1 is 1.08 bits per heavy atom. The summed E-state index contributed by atoms with van der Waals surface area (Å²) in [5.74, 6) is 0.787. The van der Waals surface area contributed by atoms with Gasteiger partial charge in [-0.15, -0.1) is 0 Å². The van der Waals surface area contributed by atoms with Gasteiger partial charge in [-0.3, -0.25) is 14.5 Å². The normalized spacial score (nSPS) is 13.4. The molecule has 0 saturated heterocycles. The topological polar surface area (TPSA) is 96.9 Å². The third-order valence-corrected chi connectivity index (χ3v) is 6.70. The summed E-state index contributed by atoms with van der Waals surface area (Å²) >= 11 is 0. The molecule has 1 aliphatic carbocycles. The number of amides is 1. The molecule has 6 rings (SSSR count). The van der Waals surface area contributed by atoms with E-state index in [0.29, 0.717) is 12.1 Å². The van der Waals surface area contributed by atoms with Gasteiger partial charge in [-0.25, -0.2) is 0 Å². The Bertz CT molecular complexity index is 1580. The minimum atomic E-state index is -0.0728. The Morgan fingerprint density at radius 2 is 1.92 bits per heavy atom. The molecule has 0 radical (unpaired) electrons. The van der Waals surface area contributed by atoms with E-state index in [1.54, 1.807) is 4.68 Å². The first-order valence-electron chi connectivity index (χ1n) is 12.8. The van der Waals surface area contributed by atoms with Crippen LogP contribution in [0.25, 0.3) is 44.2 Å². The molecule has 8 nitrogen and oxygen atoms in total. The van der Waals surface area contributed by atoms with Crippen LogP contribution < -0.4 is 15.4 Å². The van der Waals surface area contributed by atoms with Gasteiger partial charge in [-0.2, -0.15) is 5.10 Å². The summed E-state index contributed by atoms with van der Waals surface area (Å²) in [5.41, 5.74) is 6.48. The Labute approximate surface area is 215 Å². The lowest BCUT2D eigenvalue weighted by Gasteiger charge is -2.14. The summed E-state index contributed by atoms with van der Waals surface area (Å²) in [6.45, 7) is 4.28. The van der Waals surface area contributed by atoms with Gasteiger partial charge in [0, 0.05) is 59.3 Å². The van der Waals surface area contributed by atoms with Crippen molar-refractivity contribution < 1.29 is 9.53 Å². The Morgan fingerprint density at radius 3 is 2.65 bits per heavy atom. The number of aromatic amines is 1. The maximum atomic E-state index is 12.6. The molecule has 37 heavy (non-hydrogen) atoms. The van der Waals surface area contributed by atoms with Crippen molar-refractivity contribution in [3.63, 3.8) is 0 Å². The second-order valence-electron chi connectivity index (χ2n) is 9.51. The molecule has 5 aromatic rings. The SMILES string of the molecule is CCNCCNC(=O)c1ccc(-c2c(OC3CC3)ccc3[nH]c4cnc(-c5cnn(C)c5)cc4c23)cc1. The zero-order chi connectivity index (χ0) is 25.4. The van der Waals surface area contributed by atoms with Gasteiger partial charge < -0.3 is 20.4 Å². The number of hydrogen-bond acceptors (Lipinski definition) is 5. The molecule has 1 aliphatic rings. The monoisotopic (exact) mass is 494 g/mol. The fraction of sp³-hybridized carbons (Fsp3) is 0.276. The van der Waals surface area contributed by atoms with E-state index in [9.17, 15) is 4.79 Å². The molecule has 0 spiro atoms. The van der Waals surface area contributed by atoms with Crippen LogP contribution in [0.15, 0.2) is 61.1 Å². The fourth-order valence-corrected chi connectivity index (χ4v) is 4.67. The number of carbonyl (C=O) groups excluding carboxylic acids is 1. The number of nitrogens with zero attached hydrogens (tertiary/aromatic N) is 3. The third-order valence-electron chi connectivity index (χ3n) is 6.70. The van der Waals surface area contributed by atoms with Gasteiger partial charge >= 0.3 is 0 Å². The predicted molar refractivity (Wildman–Crippen MR) is 146 cm³/mol. The third kappa shape index (κ3) is 4.68. The summed E-state index contributed by atoms with van der Waals surface area (Å²) in [7, 11) is 1.90. The van der Waals surface area contributed by atoms with Crippen molar-refractivity contribution in [1.29, 1.82) is 0 Å². The number of hydrogen-bond donors (Lipinski definition) is 3. The van der Waals surface area contributed by atoms with E-state index in [4.69, 9.17) is 4.74 Å². The molecule has 1 saturated carbocycles. The molecule has 0 bridgehead atoms. The van der Waals surface area contributed by atoms with E-state index in [1.165, 1.54) is 0 Å². The van der Waals surface area contributed by atoms with Crippen LogP contribution >= 0.6 is 0 Å². The van der Waals surface area contributed by atoms with Crippen LogP contribution in [0.1, 0.15) is 30.1 Å². The Kier molecular flexibility index (Phi) is 6.10. The average molecular weight is 495 g/mol. The van der Waals surface area contributed by atoms with E-state index in [2.05, 4.69) is 37.8 Å². The number of carbonyl (C=O) groups is 1. The van der Waals surface area contributed by atoms with Gasteiger partial charge in [0.25, 0.3) is 5.91 Å². The predicted octanol–water partition coefficient (Wildman–Crippen LogP) is 4.66. The average Bonchev–Trinajstić information content (AvgIpc) is 3.50. The Hall–Kier alpha value is -4.17. The zero-order valence-electron chi connectivity index (χ0n) is 21.0. The molecule has 0 atom stereocenters. The van der Waals surface area contributed by atoms with Crippen LogP contribution in [0.3, 0.4) is 0 Å². The Balaban J connectivity index is 1.43. The standard InChI is InChI=1S/C29H30N6O2/c1-3-30-12-13-31-29(36)19-6-4-18(5-7-19)27-26(37-21-8-9-21)11-10-23-28(27)22-14-24(32-16-25(22)34-23)20-15-33-35(2)17-20/h4-7,10-11,14-17,21,30,34H,3,8-9,12-13H2,1-2H3,(H,31,36). The molecule has 0 aliphatic heterocycles.